The zero-order chi connectivity index (χ0) is 29.2. The van der Waals surface area contributed by atoms with E-state index in [-0.39, 0.29) is 27.3 Å². The van der Waals surface area contributed by atoms with Gasteiger partial charge in [0, 0.05) is 55.1 Å². The molecule has 12 heteroatoms. The summed E-state index contributed by atoms with van der Waals surface area (Å²) < 4.78 is 64.8. The van der Waals surface area contributed by atoms with Crippen molar-refractivity contribution in [2.75, 3.05) is 0 Å². The molecule has 3 aromatic heterocycles. The molecule has 0 radical (unpaired) electrons. The van der Waals surface area contributed by atoms with Gasteiger partial charge in [0.05, 0.1) is 15.9 Å². The molecule has 0 aliphatic carbocycles. The number of imidazole rings is 1. The molecule has 0 aliphatic rings. The lowest BCUT2D eigenvalue weighted by molar-refractivity contribution is 0.439. The Morgan fingerprint density at radius 3 is 2.32 bits per heavy atom. The molecule has 0 saturated heterocycles. The van der Waals surface area contributed by atoms with Crippen LogP contribution in [0.4, 0.5) is 8.78 Å². The van der Waals surface area contributed by atoms with Gasteiger partial charge in [-0.2, -0.15) is 0 Å². The molecule has 0 aliphatic heterocycles. The minimum atomic E-state index is -4.15. The second-order valence-corrected chi connectivity index (χ2v) is 11.5. The van der Waals surface area contributed by atoms with E-state index in [4.69, 9.17) is 4.74 Å². The number of nitrogens with zero attached hydrogens (tertiary/aromatic N) is 3. The van der Waals surface area contributed by atoms with Gasteiger partial charge >= 0.3 is 5.69 Å². The SMILES string of the molecule is Cc1ccc(S(=O)(=O)n2ccc3c(-c4cc5[nH]c(=O)n(C)c5cc4Oc4ccc(F)cc4F)cn(C)c(=O)c32)cc1. The largest absolute Gasteiger partial charge is 0.454 e. The Hall–Kier alpha value is -4.97. The smallest absolute Gasteiger partial charge is 0.326 e. The van der Waals surface area contributed by atoms with E-state index in [2.05, 4.69) is 4.98 Å². The van der Waals surface area contributed by atoms with Crippen molar-refractivity contribution in [1.29, 1.82) is 0 Å². The lowest BCUT2D eigenvalue weighted by Gasteiger charge is -2.15. The molecule has 1 N–H and O–H groups in total. The number of H-pyrrole nitrogens is 1. The van der Waals surface area contributed by atoms with Gasteiger partial charge < -0.3 is 14.3 Å². The zero-order valence-corrected chi connectivity index (χ0v) is 22.8. The molecule has 0 fully saturated rings. The molecule has 0 bridgehead atoms. The van der Waals surface area contributed by atoms with Crippen molar-refractivity contribution in [3.8, 4) is 22.6 Å². The lowest BCUT2D eigenvalue weighted by Crippen LogP contribution is -2.22. The minimum absolute atomic E-state index is 0.00661. The van der Waals surface area contributed by atoms with E-state index in [1.807, 2.05) is 6.92 Å². The number of hydrogen-bond donors (Lipinski definition) is 1. The van der Waals surface area contributed by atoms with Gasteiger partial charge in [0.25, 0.3) is 15.6 Å². The Balaban J connectivity index is 1.63. The summed E-state index contributed by atoms with van der Waals surface area (Å²) in [5, 5.41) is 0.283. The first kappa shape index (κ1) is 26.3. The van der Waals surface area contributed by atoms with E-state index in [9.17, 15) is 26.8 Å². The molecule has 0 unspecified atom stereocenters. The average molecular weight is 577 g/mol. The van der Waals surface area contributed by atoms with Crippen LogP contribution in [0.1, 0.15) is 5.56 Å². The summed E-state index contributed by atoms with van der Waals surface area (Å²) in [5.41, 5.74) is 1.37. The Morgan fingerprint density at radius 1 is 0.878 bits per heavy atom. The van der Waals surface area contributed by atoms with Crippen LogP contribution >= 0.6 is 0 Å². The number of nitrogens with one attached hydrogen (secondary N) is 1. The maximum atomic E-state index is 14.6. The summed E-state index contributed by atoms with van der Waals surface area (Å²) in [5.74, 6) is -1.91. The highest BCUT2D eigenvalue weighted by molar-refractivity contribution is 7.90. The standard InChI is InChI=1S/C29H22F2N4O5S/c1-16-4-7-18(8-5-16)41(38,39)35-11-10-19-21(15-33(2)28(36)27(19)35)20-13-23-24(34(3)29(37)32-23)14-26(20)40-25-9-6-17(30)12-22(25)31/h4-15H,1-3H3,(H,32,37). The maximum absolute atomic E-state index is 14.6. The van der Waals surface area contributed by atoms with Crippen molar-refractivity contribution in [2.24, 2.45) is 14.1 Å². The van der Waals surface area contributed by atoms with Crippen molar-refractivity contribution >= 4 is 32.0 Å². The number of benzene rings is 3. The first-order valence-electron chi connectivity index (χ1n) is 12.3. The van der Waals surface area contributed by atoms with Crippen LogP contribution in [0.5, 0.6) is 11.5 Å². The first-order chi connectivity index (χ1) is 19.5. The van der Waals surface area contributed by atoms with E-state index in [0.717, 1.165) is 21.7 Å². The fourth-order valence-electron chi connectivity index (χ4n) is 4.80. The van der Waals surface area contributed by atoms with Gasteiger partial charge in [-0.05, 0) is 43.3 Å². The van der Waals surface area contributed by atoms with E-state index < -0.39 is 32.9 Å². The third-order valence-electron chi connectivity index (χ3n) is 6.98. The topological polar surface area (TPSA) is 108 Å². The second kappa shape index (κ2) is 9.30. The van der Waals surface area contributed by atoms with Gasteiger partial charge in [-0.15, -0.1) is 0 Å². The van der Waals surface area contributed by atoms with Gasteiger partial charge in [0.1, 0.15) is 17.1 Å². The molecule has 6 rings (SSSR count). The van der Waals surface area contributed by atoms with E-state index in [1.54, 1.807) is 25.2 Å². The van der Waals surface area contributed by atoms with Crippen LogP contribution in [-0.2, 0) is 24.1 Å². The lowest BCUT2D eigenvalue weighted by atomic mass is 10.0. The average Bonchev–Trinajstić information content (AvgIpc) is 3.50. The van der Waals surface area contributed by atoms with Crippen molar-refractivity contribution in [3.63, 3.8) is 0 Å². The van der Waals surface area contributed by atoms with Crippen molar-refractivity contribution < 1.29 is 21.9 Å². The third kappa shape index (κ3) is 4.23. The summed E-state index contributed by atoms with van der Waals surface area (Å²) in [6.07, 6.45) is 2.80. The normalized spacial score (nSPS) is 11.9. The minimum Gasteiger partial charge on any atom is -0.454 e. The molecule has 208 valence electrons. The number of pyridine rings is 1. The summed E-state index contributed by atoms with van der Waals surface area (Å²) >= 11 is 0. The molecule has 0 spiro atoms. The Bertz CT molecular complexity index is 2240. The molecule has 41 heavy (non-hydrogen) atoms. The van der Waals surface area contributed by atoms with E-state index >= 15 is 0 Å². The van der Waals surface area contributed by atoms with Crippen LogP contribution < -0.4 is 16.0 Å². The van der Waals surface area contributed by atoms with Gasteiger partial charge in [0.15, 0.2) is 11.6 Å². The predicted octanol–water partition coefficient (Wildman–Crippen LogP) is 4.80. The van der Waals surface area contributed by atoms with Gasteiger partial charge in [-0.1, -0.05) is 17.7 Å². The summed E-state index contributed by atoms with van der Waals surface area (Å²) in [6, 6.07) is 13.7. The van der Waals surface area contributed by atoms with Gasteiger partial charge in [-0.25, -0.2) is 26.0 Å². The molecule has 0 amide bonds. The number of aromatic nitrogens is 4. The van der Waals surface area contributed by atoms with Crippen LogP contribution in [0.15, 0.2) is 87.5 Å². The number of fused-ring (bicyclic) bond motifs is 2. The van der Waals surface area contributed by atoms with E-state index in [1.165, 1.54) is 52.8 Å². The number of aryl methyl sites for hydroxylation is 3. The number of rotatable bonds is 5. The van der Waals surface area contributed by atoms with Crippen molar-refractivity contribution in [2.45, 2.75) is 11.8 Å². The van der Waals surface area contributed by atoms with Crippen LogP contribution in [0.2, 0.25) is 0 Å². The predicted molar refractivity (Wildman–Crippen MR) is 150 cm³/mol. The first-order valence-corrected chi connectivity index (χ1v) is 13.8. The van der Waals surface area contributed by atoms with Crippen LogP contribution in [0.3, 0.4) is 0 Å². The Labute approximate surface area is 231 Å². The van der Waals surface area contributed by atoms with Crippen LogP contribution in [0, 0.1) is 18.6 Å². The molecule has 3 heterocycles. The molecule has 9 nitrogen and oxygen atoms in total. The van der Waals surface area contributed by atoms with Gasteiger partial charge in [0.2, 0.25) is 0 Å². The molecule has 3 aromatic carbocycles. The highest BCUT2D eigenvalue weighted by Gasteiger charge is 2.25. The molecule has 0 atom stereocenters. The maximum Gasteiger partial charge on any atom is 0.326 e. The Kier molecular flexibility index (Phi) is 5.96. The number of halogens is 2. The highest BCUT2D eigenvalue weighted by atomic mass is 32.2. The molecular formula is C29H22F2N4O5S. The summed E-state index contributed by atoms with van der Waals surface area (Å²) in [6.45, 7) is 1.83. The molecular weight excluding hydrogens is 554 g/mol. The molecule has 6 aromatic rings. The fraction of sp³-hybridized carbons (Fsp3) is 0.103. The zero-order valence-electron chi connectivity index (χ0n) is 22.0. The monoisotopic (exact) mass is 576 g/mol. The summed E-state index contributed by atoms with van der Waals surface area (Å²) in [7, 11) is -1.12. The van der Waals surface area contributed by atoms with Crippen LogP contribution in [0.25, 0.3) is 33.1 Å². The van der Waals surface area contributed by atoms with E-state index in [0.29, 0.717) is 28.2 Å². The third-order valence-corrected chi connectivity index (χ3v) is 8.67. The Morgan fingerprint density at radius 2 is 1.61 bits per heavy atom. The van der Waals surface area contributed by atoms with Gasteiger partial charge in [-0.3, -0.25) is 9.36 Å². The quantitative estimate of drug-likeness (QED) is 0.317. The number of ether oxygens (including phenoxy) is 1. The highest BCUT2D eigenvalue weighted by Crippen LogP contribution is 2.40. The number of hydrogen-bond acceptors (Lipinski definition) is 5. The molecule has 0 saturated carbocycles. The fourth-order valence-corrected chi connectivity index (χ4v) is 6.14. The second-order valence-electron chi connectivity index (χ2n) is 9.68. The summed E-state index contributed by atoms with van der Waals surface area (Å²) in [4.78, 5) is 28.5. The van der Waals surface area contributed by atoms with Crippen molar-refractivity contribution in [1.82, 2.24) is 18.1 Å². The van der Waals surface area contributed by atoms with Crippen molar-refractivity contribution in [3.05, 3.63) is 111 Å². The van der Waals surface area contributed by atoms with Crippen LogP contribution in [-0.4, -0.2) is 26.5 Å². The number of aromatic amines is 1.